The van der Waals surface area contributed by atoms with E-state index in [0.29, 0.717) is 29.3 Å². The zero-order chi connectivity index (χ0) is 24.5. The van der Waals surface area contributed by atoms with Gasteiger partial charge in [0.25, 0.3) is 0 Å². The number of halogens is 1. The molecule has 0 saturated heterocycles. The summed E-state index contributed by atoms with van der Waals surface area (Å²) >= 11 is 6.35. The maximum Gasteiger partial charge on any atom is 0.338 e. The van der Waals surface area contributed by atoms with E-state index < -0.39 is 11.6 Å². The standard InChI is InChI=1S/C25H26ClN5O3/c1-25(2,3)34-24(32)17-6-5-7-18(12-17)30(15-16-8-10-19(33-4)11-9-16)20-13-21(26)29-31-22(27)14-28-23(20)31/h5-14H,15,27H2,1-4H3. The van der Waals surface area contributed by atoms with Crippen molar-refractivity contribution in [1.82, 2.24) is 14.6 Å². The number of hydrogen-bond acceptors (Lipinski definition) is 7. The second-order valence-electron chi connectivity index (χ2n) is 8.76. The third kappa shape index (κ3) is 5.07. The summed E-state index contributed by atoms with van der Waals surface area (Å²) in [6, 6.07) is 16.7. The first kappa shape index (κ1) is 23.4. The highest BCUT2D eigenvalue weighted by atomic mass is 35.5. The van der Waals surface area contributed by atoms with E-state index in [1.807, 2.05) is 62.1 Å². The Morgan fingerprint density at radius 2 is 1.88 bits per heavy atom. The number of hydrogen-bond donors (Lipinski definition) is 1. The molecule has 4 aromatic rings. The highest BCUT2D eigenvalue weighted by molar-refractivity contribution is 6.29. The fourth-order valence-corrected chi connectivity index (χ4v) is 3.68. The van der Waals surface area contributed by atoms with E-state index >= 15 is 0 Å². The Hall–Kier alpha value is -3.78. The molecule has 2 aromatic heterocycles. The van der Waals surface area contributed by atoms with Gasteiger partial charge in [-0.05, 0) is 56.7 Å². The quantitative estimate of drug-likeness (QED) is 0.376. The number of imidazole rings is 1. The van der Waals surface area contributed by atoms with E-state index in [4.69, 9.17) is 26.8 Å². The molecule has 4 rings (SSSR count). The molecule has 0 unspecified atom stereocenters. The third-order valence-electron chi connectivity index (χ3n) is 5.03. The molecule has 0 aliphatic carbocycles. The van der Waals surface area contributed by atoms with Crippen molar-refractivity contribution < 1.29 is 14.3 Å². The smallest absolute Gasteiger partial charge is 0.338 e. The van der Waals surface area contributed by atoms with Crippen molar-refractivity contribution in [3.63, 3.8) is 0 Å². The molecule has 0 amide bonds. The van der Waals surface area contributed by atoms with Crippen LogP contribution in [0.4, 0.5) is 17.2 Å². The van der Waals surface area contributed by atoms with E-state index in [9.17, 15) is 4.79 Å². The van der Waals surface area contributed by atoms with Crippen LogP contribution in [0.15, 0.2) is 60.8 Å². The molecule has 0 atom stereocenters. The number of nitrogens with zero attached hydrogens (tertiary/aromatic N) is 4. The summed E-state index contributed by atoms with van der Waals surface area (Å²) in [4.78, 5) is 19.2. The summed E-state index contributed by atoms with van der Waals surface area (Å²) in [6.45, 7) is 5.97. The first-order chi connectivity index (χ1) is 16.1. The number of rotatable bonds is 6. The lowest BCUT2D eigenvalue weighted by molar-refractivity contribution is 0.00695. The second kappa shape index (κ2) is 9.23. The number of nitrogens with two attached hydrogens (primary N) is 1. The Labute approximate surface area is 202 Å². The van der Waals surface area contributed by atoms with Crippen molar-refractivity contribution in [1.29, 1.82) is 0 Å². The molecule has 0 aliphatic heterocycles. The molecule has 8 nitrogen and oxygen atoms in total. The molecular weight excluding hydrogens is 454 g/mol. The predicted octanol–water partition coefficient (Wildman–Crippen LogP) is 5.27. The van der Waals surface area contributed by atoms with Gasteiger partial charge in [0, 0.05) is 18.3 Å². The topological polar surface area (TPSA) is 95.0 Å². The average Bonchev–Trinajstić information content (AvgIpc) is 3.17. The van der Waals surface area contributed by atoms with E-state index in [-0.39, 0.29) is 5.15 Å². The Morgan fingerprint density at radius 3 is 2.56 bits per heavy atom. The molecule has 0 radical (unpaired) electrons. The van der Waals surface area contributed by atoms with E-state index in [1.165, 1.54) is 10.7 Å². The highest BCUT2D eigenvalue weighted by Gasteiger charge is 2.21. The largest absolute Gasteiger partial charge is 0.497 e. The van der Waals surface area contributed by atoms with Gasteiger partial charge in [-0.2, -0.15) is 9.61 Å². The number of methoxy groups -OCH3 is 1. The normalized spacial score (nSPS) is 11.4. The molecule has 34 heavy (non-hydrogen) atoms. The fourth-order valence-electron chi connectivity index (χ4n) is 3.51. The van der Waals surface area contributed by atoms with Crippen molar-refractivity contribution in [2.75, 3.05) is 17.7 Å². The monoisotopic (exact) mass is 479 g/mol. The minimum atomic E-state index is -0.603. The maximum absolute atomic E-state index is 12.8. The molecule has 0 bridgehead atoms. The van der Waals surface area contributed by atoms with Crippen molar-refractivity contribution in [3.8, 4) is 5.75 Å². The predicted molar refractivity (Wildman–Crippen MR) is 133 cm³/mol. The molecule has 2 heterocycles. The zero-order valence-electron chi connectivity index (χ0n) is 19.4. The number of carbonyl (C=O) groups excluding carboxylic acids is 1. The minimum absolute atomic E-state index is 0.259. The zero-order valence-corrected chi connectivity index (χ0v) is 20.2. The van der Waals surface area contributed by atoms with Gasteiger partial charge in [-0.25, -0.2) is 9.78 Å². The van der Waals surface area contributed by atoms with Crippen LogP contribution in [0.5, 0.6) is 5.75 Å². The molecule has 0 aliphatic rings. The third-order valence-corrected chi connectivity index (χ3v) is 5.21. The lowest BCUT2D eigenvalue weighted by Gasteiger charge is -2.26. The number of carbonyl (C=O) groups is 1. The van der Waals surface area contributed by atoms with Gasteiger partial charge in [0.2, 0.25) is 0 Å². The van der Waals surface area contributed by atoms with Crippen LogP contribution in [0, 0.1) is 0 Å². The van der Waals surface area contributed by atoms with E-state index in [1.54, 1.807) is 25.3 Å². The molecule has 0 saturated carbocycles. The van der Waals surface area contributed by atoms with Crippen molar-refractivity contribution >= 4 is 40.4 Å². The van der Waals surface area contributed by atoms with Crippen LogP contribution in [0.3, 0.4) is 0 Å². The SMILES string of the molecule is COc1ccc(CN(c2cccc(C(=O)OC(C)(C)C)c2)c2cc(Cl)nn3c(N)cnc23)cc1. The van der Waals surface area contributed by atoms with Gasteiger partial charge in [0.15, 0.2) is 10.8 Å². The van der Waals surface area contributed by atoms with Crippen molar-refractivity contribution in [2.45, 2.75) is 32.9 Å². The first-order valence-corrected chi connectivity index (χ1v) is 11.1. The van der Waals surface area contributed by atoms with Gasteiger partial charge in [-0.15, -0.1) is 0 Å². The Kier molecular flexibility index (Phi) is 6.34. The number of fused-ring (bicyclic) bond motifs is 1. The van der Waals surface area contributed by atoms with Gasteiger partial charge >= 0.3 is 5.97 Å². The summed E-state index contributed by atoms with van der Waals surface area (Å²) in [5.74, 6) is 0.727. The van der Waals surface area contributed by atoms with Gasteiger partial charge in [0.1, 0.15) is 17.2 Å². The lowest BCUT2D eigenvalue weighted by Crippen LogP contribution is -2.24. The van der Waals surface area contributed by atoms with Crippen LogP contribution in [0.2, 0.25) is 5.15 Å². The van der Waals surface area contributed by atoms with Crippen LogP contribution in [0.25, 0.3) is 5.65 Å². The second-order valence-corrected chi connectivity index (χ2v) is 9.14. The Bertz CT molecular complexity index is 1330. The van der Waals surface area contributed by atoms with Gasteiger partial charge in [-0.1, -0.05) is 29.8 Å². The summed E-state index contributed by atoms with van der Waals surface area (Å²) in [5, 5.41) is 4.52. The molecule has 0 fully saturated rings. The first-order valence-electron chi connectivity index (χ1n) is 10.7. The van der Waals surface area contributed by atoms with Crippen LogP contribution in [-0.2, 0) is 11.3 Å². The van der Waals surface area contributed by atoms with E-state index in [0.717, 1.165) is 17.0 Å². The summed E-state index contributed by atoms with van der Waals surface area (Å²) in [6.07, 6.45) is 1.53. The summed E-state index contributed by atoms with van der Waals surface area (Å²) in [5.41, 5.74) is 8.87. The molecule has 9 heteroatoms. The summed E-state index contributed by atoms with van der Waals surface area (Å²) in [7, 11) is 1.63. The average molecular weight is 480 g/mol. The molecule has 0 spiro atoms. The highest BCUT2D eigenvalue weighted by Crippen LogP contribution is 2.33. The molecule has 2 aromatic carbocycles. The van der Waals surface area contributed by atoms with Crippen molar-refractivity contribution in [3.05, 3.63) is 77.1 Å². The Balaban J connectivity index is 1.82. The minimum Gasteiger partial charge on any atom is -0.497 e. The van der Waals surface area contributed by atoms with Gasteiger partial charge in [0.05, 0.1) is 24.6 Å². The van der Waals surface area contributed by atoms with E-state index in [2.05, 4.69) is 10.1 Å². The van der Waals surface area contributed by atoms with Crippen LogP contribution in [-0.4, -0.2) is 33.3 Å². The number of anilines is 3. The Morgan fingerprint density at radius 1 is 1.15 bits per heavy atom. The van der Waals surface area contributed by atoms with Gasteiger partial charge < -0.3 is 20.1 Å². The lowest BCUT2D eigenvalue weighted by atomic mass is 10.1. The number of aromatic nitrogens is 3. The van der Waals surface area contributed by atoms with Crippen molar-refractivity contribution in [2.24, 2.45) is 0 Å². The van der Waals surface area contributed by atoms with Crippen LogP contribution < -0.4 is 15.4 Å². The molecule has 176 valence electrons. The summed E-state index contributed by atoms with van der Waals surface area (Å²) < 4.78 is 12.3. The number of benzene rings is 2. The molecule has 2 N–H and O–H groups in total. The number of nitrogen functional groups attached to an aromatic ring is 1. The number of esters is 1. The van der Waals surface area contributed by atoms with Crippen LogP contribution >= 0.6 is 11.6 Å². The maximum atomic E-state index is 12.8. The van der Waals surface area contributed by atoms with Crippen LogP contribution in [0.1, 0.15) is 36.7 Å². The molecular formula is C25H26ClN5O3. The fraction of sp³-hybridized carbons (Fsp3) is 0.240. The number of ether oxygens (including phenoxy) is 2. The van der Waals surface area contributed by atoms with Gasteiger partial charge in [-0.3, -0.25) is 0 Å².